The quantitative estimate of drug-likeness (QED) is 0.608. The lowest BCUT2D eigenvalue weighted by molar-refractivity contribution is 0.0417. The van der Waals surface area contributed by atoms with Gasteiger partial charge in [-0.3, -0.25) is 0 Å². The number of nitrogens with one attached hydrogen (secondary N) is 1. The van der Waals surface area contributed by atoms with Crippen LogP contribution in [0.1, 0.15) is 52.9 Å². The van der Waals surface area contributed by atoms with E-state index in [0.717, 1.165) is 39.1 Å². The molecule has 21 heavy (non-hydrogen) atoms. The van der Waals surface area contributed by atoms with Gasteiger partial charge < -0.3 is 20.1 Å². The van der Waals surface area contributed by atoms with Crippen LogP contribution in [0.5, 0.6) is 0 Å². The molecule has 2 N–H and O–H groups in total. The van der Waals surface area contributed by atoms with E-state index in [2.05, 4.69) is 38.0 Å². The zero-order chi connectivity index (χ0) is 15.7. The standard InChI is InChI=1S/C17H36N2O2/c1-15(2)18-17(3,14-20)9-5-6-10-19(4)12-16-8-7-11-21-13-16/h15-16,18,20H,5-14H2,1-4H3. The number of ether oxygens (including phenoxy) is 1. The Balaban J connectivity index is 2.14. The lowest BCUT2D eigenvalue weighted by Crippen LogP contribution is -2.49. The van der Waals surface area contributed by atoms with Crippen LogP contribution < -0.4 is 5.32 Å². The van der Waals surface area contributed by atoms with E-state index in [1.165, 1.54) is 19.3 Å². The minimum absolute atomic E-state index is 0.135. The number of hydrogen-bond donors (Lipinski definition) is 2. The van der Waals surface area contributed by atoms with Crippen molar-refractivity contribution in [3.63, 3.8) is 0 Å². The zero-order valence-corrected chi connectivity index (χ0v) is 14.5. The second-order valence-electron chi connectivity index (χ2n) is 7.32. The summed E-state index contributed by atoms with van der Waals surface area (Å²) < 4.78 is 5.54. The van der Waals surface area contributed by atoms with Gasteiger partial charge in [-0.25, -0.2) is 0 Å². The minimum atomic E-state index is -0.135. The van der Waals surface area contributed by atoms with Crippen LogP contribution in [0.3, 0.4) is 0 Å². The van der Waals surface area contributed by atoms with E-state index in [1.807, 2.05) is 0 Å². The fourth-order valence-electron chi connectivity index (χ4n) is 3.27. The highest BCUT2D eigenvalue weighted by atomic mass is 16.5. The van der Waals surface area contributed by atoms with Crippen LogP contribution in [-0.4, -0.2) is 61.5 Å². The van der Waals surface area contributed by atoms with E-state index in [0.29, 0.717) is 12.0 Å². The Morgan fingerprint density at radius 1 is 1.38 bits per heavy atom. The number of unbranched alkanes of at least 4 members (excludes halogenated alkanes) is 1. The lowest BCUT2D eigenvalue weighted by atomic mass is 9.94. The predicted octanol–water partition coefficient (Wildman–Crippen LogP) is 2.26. The van der Waals surface area contributed by atoms with Crippen molar-refractivity contribution in [3.8, 4) is 0 Å². The highest BCUT2D eigenvalue weighted by Crippen LogP contribution is 2.16. The fourth-order valence-corrected chi connectivity index (χ4v) is 3.27. The molecule has 4 heteroatoms. The Hall–Kier alpha value is -0.160. The van der Waals surface area contributed by atoms with Gasteiger partial charge in [0.1, 0.15) is 0 Å². The maximum Gasteiger partial charge on any atom is 0.0610 e. The molecule has 126 valence electrons. The van der Waals surface area contributed by atoms with Crippen molar-refractivity contribution in [2.75, 3.05) is 40.0 Å². The average Bonchev–Trinajstić information content (AvgIpc) is 2.44. The summed E-state index contributed by atoms with van der Waals surface area (Å²) in [6, 6.07) is 0.413. The summed E-state index contributed by atoms with van der Waals surface area (Å²) in [5.41, 5.74) is -0.135. The Morgan fingerprint density at radius 2 is 2.14 bits per heavy atom. The fraction of sp³-hybridized carbons (Fsp3) is 1.00. The molecule has 1 aliphatic heterocycles. The second kappa shape index (κ2) is 9.78. The molecule has 0 saturated carbocycles. The maximum atomic E-state index is 9.57. The smallest absolute Gasteiger partial charge is 0.0610 e. The molecule has 0 spiro atoms. The maximum absolute atomic E-state index is 9.57. The highest BCUT2D eigenvalue weighted by Gasteiger charge is 2.23. The van der Waals surface area contributed by atoms with Crippen molar-refractivity contribution in [3.05, 3.63) is 0 Å². The summed E-state index contributed by atoms with van der Waals surface area (Å²) in [5, 5.41) is 13.1. The van der Waals surface area contributed by atoms with Crippen LogP contribution >= 0.6 is 0 Å². The molecule has 0 amide bonds. The monoisotopic (exact) mass is 300 g/mol. The Morgan fingerprint density at radius 3 is 2.71 bits per heavy atom. The molecule has 2 unspecified atom stereocenters. The van der Waals surface area contributed by atoms with Crippen molar-refractivity contribution in [2.24, 2.45) is 5.92 Å². The first-order chi connectivity index (χ1) is 9.95. The summed E-state index contributed by atoms with van der Waals surface area (Å²) in [6.45, 7) is 10.8. The van der Waals surface area contributed by atoms with Gasteiger partial charge in [-0.15, -0.1) is 0 Å². The Labute approximate surface area is 131 Å². The van der Waals surface area contributed by atoms with Gasteiger partial charge in [0.05, 0.1) is 13.2 Å². The Bertz CT molecular complexity index is 268. The van der Waals surface area contributed by atoms with Crippen molar-refractivity contribution in [2.45, 2.75) is 64.5 Å². The van der Waals surface area contributed by atoms with Crippen molar-refractivity contribution < 1.29 is 9.84 Å². The molecule has 1 saturated heterocycles. The van der Waals surface area contributed by atoms with Gasteiger partial charge in [-0.2, -0.15) is 0 Å². The van der Waals surface area contributed by atoms with Gasteiger partial charge in [0.2, 0.25) is 0 Å². The van der Waals surface area contributed by atoms with Crippen LogP contribution in [0.4, 0.5) is 0 Å². The highest BCUT2D eigenvalue weighted by molar-refractivity contribution is 4.83. The lowest BCUT2D eigenvalue weighted by Gasteiger charge is -2.31. The van der Waals surface area contributed by atoms with Crippen molar-refractivity contribution in [1.82, 2.24) is 10.2 Å². The third kappa shape index (κ3) is 8.15. The van der Waals surface area contributed by atoms with Gasteiger partial charge in [0, 0.05) is 24.7 Å². The van der Waals surface area contributed by atoms with E-state index >= 15 is 0 Å². The van der Waals surface area contributed by atoms with Crippen molar-refractivity contribution in [1.29, 1.82) is 0 Å². The van der Waals surface area contributed by atoms with E-state index in [-0.39, 0.29) is 12.1 Å². The first-order valence-electron chi connectivity index (χ1n) is 8.60. The van der Waals surface area contributed by atoms with Gasteiger partial charge >= 0.3 is 0 Å². The summed E-state index contributed by atoms with van der Waals surface area (Å²) in [6.07, 6.45) is 5.91. The van der Waals surface area contributed by atoms with Crippen LogP contribution in [-0.2, 0) is 4.74 Å². The van der Waals surface area contributed by atoms with E-state index in [4.69, 9.17) is 4.74 Å². The van der Waals surface area contributed by atoms with Crippen LogP contribution in [0.25, 0.3) is 0 Å². The van der Waals surface area contributed by atoms with Crippen molar-refractivity contribution >= 4 is 0 Å². The molecule has 0 aromatic heterocycles. The second-order valence-corrected chi connectivity index (χ2v) is 7.32. The molecular formula is C17H36N2O2. The number of aliphatic hydroxyl groups is 1. The Kier molecular flexibility index (Phi) is 8.79. The zero-order valence-electron chi connectivity index (χ0n) is 14.5. The molecule has 0 bridgehead atoms. The van der Waals surface area contributed by atoms with Gasteiger partial charge in [-0.05, 0) is 52.1 Å². The number of hydrogen-bond acceptors (Lipinski definition) is 4. The summed E-state index contributed by atoms with van der Waals surface area (Å²) in [4.78, 5) is 2.44. The molecule has 1 aliphatic rings. The molecule has 0 aromatic rings. The number of nitrogens with zero attached hydrogens (tertiary/aromatic N) is 1. The minimum Gasteiger partial charge on any atom is -0.394 e. The van der Waals surface area contributed by atoms with E-state index < -0.39 is 0 Å². The molecule has 1 rings (SSSR count). The van der Waals surface area contributed by atoms with Gasteiger partial charge in [0.15, 0.2) is 0 Å². The first kappa shape index (κ1) is 18.9. The first-order valence-corrected chi connectivity index (χ1v) is 8.60. The summed E-state index contributed by atoms with van der Waals surface area (Å²) >= 11 is 0. The molecular weight excluding hydrogens is 264 g/mol. The van der Waals surface area contributed by atoms with E-state index in [9.17, 15) is 5.11 Å². The van der Waals surface area contributed by atoms with Crippen LogP contribution in [0, 0.1) is 5.92 Å². The summed E-state index contributed by atoms with van der Waals surface area (Å²) in [7, 11) is 2.21. The molecule has 0 radical (unpaired) electrons. The molecule has 0 aliphatic carbocycles. The van der Waals surface area contributed by atoms with E-state index in [1.54, 1.807) is 0 Å². The van der Waals surface area contributed by atoms with Gasteiger partial charge in [-0.1, -0.05) is 20.3 Å². The number of aliphatic hydroxyl groups excluding tert-OH is 1. The molecule has 1 heterocycles. The summed E-state index contributed by atoms with van der Waals surface area (Å²) in [5.74, 6) is 0.717. The predicted molar refractivity (Wildman–Crippen MR) is 88.7 cm³/mol. The topological polar surface area (TPSA) is 44.7 Å². The van der Waals surface area contributed by atoms with Crippen LogP contribution in [0.15, 0.2) is 0 Å². The van der Waals surface area contributed by atoms with Crippen LogP contribution in [0.2, 0.25) is 0 Å². The van der Waals surface area contributed by atoms with Gasteiger partial charge in [0.25, 0.3) is 0 Å². The molecule has 4 nitrogen and oxygen atoms in total. The molecule has 0 aromatic carbocycles. The SMILES string of the molecule is CC(C)NC(C)(CO)CCCCN(C)CC1CCCOC1. The number of rotatable bonds is 10. The third-order valence-electron chi connectivity index (χ3n) is 4.33. The molecule has 2 atom stereocenters. The molecule has 1 fully saturated rings. The largest absolute Gasteiger partial charge is 0.394 e. The third-order valence-corrected chi connectivity index (χ3v) is 4.33. The average molecular weight is 300 g/mol. The normalized spacial score (nSPS) is 22.7.